The molecule has 1 aliphatic heterocycles. The van der Waals surface area contributed by atoms with Crippen molar-refractivity contribution in [3.8, 4) is 0 Å². The number of nitrogens with zero attached hydrogens (tertiary/aromatic N) is 1. The van der Waals surface area contributed by atoms with Crippen molar-refractivity contribution >= 4 is 0 Å². The summed E-state index contributed by atoms with van der Waals surface area (Å²) in [6.07, 6.45) is 6.60. The first kappa shape index (κ1) is 12.4. The Bertz CT molecular complexity index is 237. The third-order valence-electron chi connectivity index (χ3n) is 4.53. The molecule has 0 amide bonds. The fraction of sp³-hybridized carbons (Fsp3) is 1.00. The molecule has 16 heavy (non-hydrogen) atoms. The van der Waals surface area contributed by atoms with Gasteiger partial charge in [0.05, 0.1) is 0 Å². The number of rotatable bonds is 1. The van der Waals surface area contributed by atoms with Gasteiger partial charge in [0.25, 0.3) is 0 Å². The largest absolute Gasteiger partial charge is 0.326 e. The number of hydrogen-bond acceptors (Lipinski definition) is 2. The molecular formula is C14H28N2. The van der Waals surface area contributed by atoms with Gasteiger partial charge < -0.3 is 5.73 Å². The Kier molecular flexibility index (Phi) is 3.60. The monoisotopic (exact) mass is 224 g/mol. The molecule has 2 fully saturated rings. The SMILES string of the molecule is CC1CCC(N)C(N2CCCC(C)(C)C2)C1. The lowest BCUT2D eigenvalue weighted by molar-refractivity contribution is 0.0424. The minimum absolute atomic E-state index is 0.421. The lowest BCUT2D eigenvalue weighted by atomic mass is 9.79. The van der Waals surface area contributed by atoms with Gasteiger partial charge in [-0.3, -0.25) is 4.90 Å². The van der Waals surface area contributed by atoms with Gasteiger partial charge in [0.2, 0.25) is 0 Å². The standard InChI is InChI=1S/C14H28N2/c1-11-5-6-12(15)13(9-11)16-8-4-7-14(2,3)10-16/h11-13H,4-10,15H2,1-3H3. The number of likely N-dealkylation sites (tertiary alicyclic amines) is 1. The number of piperidine rings is 1. The average Bonchev–Trinajstić information content (AvgIpc) is 2.20. The molecular weight excluding hydrogens is 196 g/mol. The Morgan fingerprint density at radius 2 is 2.00 bits per heavy atom. The van der Waals surface area contributed by atoms with Crippen LogP contribution in [0.4, 0.5) is 0 Å². The first-order valence-electron chi connectivity index (χ1n) is 6.97. The molecule has 2 rings (SSSR count). The highest BCUT2D eigenvalue weighted by atomic mass is 15.2. The van der Waals surface area contributed by atoms with E-state index >= 15 is 0 Å². The van der Waals surface area contributed by atoms with E-state index < -0.39 is 0 Å². The van der Waals surface area contributed by atoms with Crippen LogP contribution in [0.2, 0.25) is 0 Å². The first-order valence-corrected chi connectivity index (χ1v) is 6.97. The van der Waals surface area contributed by atoms with Crippen molar-refractivity contribution in [2.75, 3.05) is 13.1 Å². The summed E-state index contributed by atoms with van der Waals surface area (Å²) < 4.78 is 0. The Balaban J connectivity index is 1.99. The Morgan fingerprint density at radius 3 is 2.69 bits per heavy atom. The molecule has 0 aromatic heterocycles. The predicted molar refractivity (Wildman–Crippen MR) is 69.4 cm³/mol. The van der Waals surface area contributed by atoms with Gasteiger partial charge in [-0.05, 0) is 50.0 Å². The van der Waals surface area contributed by atoms with Crippen molar-refractivity contribution < 1.29 is 0 Å². The van der Waals surface area contributed by atoms with E-state index in [-0.39, 0.29) is 0 Å². The third kappa shape index (κ3) is 2.78. The zero-order chi connectivity index (χ0) is 11.8. The van der Waals surface area contributed by atoms with Crippen LogP contribution in [0.15, 0.2) is 0 Å². The van der Waals surface area contributed by atoms with Crippen LogP contribution < -0.4 is 5.73 Å². The number of hydrogen-bond donors (Lipinski definition) is 1. The topological polar surface area (TPSA) is 29.3 Å². The molecule has 2 N–H and O–H groups in total. The second-order valence-electron chi connectivity index (χ2n) is 6.89. The van der Waals surface area contributed by atoms with Gasteiger partial charge in [-0.2, -0.15) is 0 Å². The van der Waals surface area contributed by atoms with Crippen molar-refractivity contribution in [3.63, 3.8) is 0 Å². The van der Waals surface area contributed by atoms with Gasteiger partial charge in [-0.1, -0.05) is 20.8 Å². The van der Waals surface area contributed by atoms with E-state index in [1.165, 1.54) is 45.2 Å². The van der Waals surface area contributed by atoms with Crippen LogP contribution in [-0.2, 0) is 0 Å². The summed E-state index contributed by atoms with van der Waals surface area (Å²) in [5.74, 6) is 0.870. The van der Waals surface area contributed by atoms with Crippen LogP contribution >= 0.6 is 0 Å². The minimum Gasteiger partial charge on any atom is -0.326 e. The molecule has 1 saturated carbocycles. The Labute approximate surface area is 101 Å². The highest BCUT2D eigenvalue weighted by Crippen LogP contribution is 2.34. The normalized spacial score (nSPS) is 40.9. The van der Waals surface area contributed by atoms with Gasteiger partial charge in [-0.15, -0.1) is 0 Å². The number of nitrogens with two attached hydrogens (primary N) is 1. The van der Waals surface area contributed by atoms with Crippen molar-refractivity contribution in [3.05, 3.63) is 0 Å². The summed E-state index contributed by atoms with van der Waals surface area (Å²) in [5.41, 5.74) is 6.82. The molecule has 0 aromatic carbocycles. The molecule has 1 aliphatic carbocycles. The molecule has 3 unspecified atom stereocenters. The summed E-state index contributed by atoms with van der Waals surface area (Å²) in [4.78, 5) is 2.68. The van der Waals surface area contributed by atoms with E-state index in [1.807, 2.05) is 0 Å². The molecule has 94 valence electrons. The second kappa shape index (κ2) is 4.66. The molecule has 0 spiro atoms. The van der Waals surface area contributed by atoms with Crippen LogP contribution in [0, 0.1) is 11.3 Å². The van der Waals surface area contributed by atoms with E-state index in [1.54, 1.807) is 0 Å². The molecule has 3 atom stereocenters. The van der Waals surface area contributed by atoms with Crippen LogP contribution in [0.25, 0.3) is 0 Å². The molecule has 1 saturated heterocycles. The van der Waals surface area contributed by atoms with Gasteiger partial charge >= 0.3 is 0 Å². The maximum Gasteiger partial charge on any atom is 0.0249 e. The molecule has 2 nitrogen and oxygen atoms in total. The van der Waals surface area contributed by atoms with Gasteiger partial charge in [0.1, 0.15) is 0 Å². The van der Waals surface area contributed by atoms with Crippen molar-refractivity contribution in [2.45, 2.75) is 65.0 Å². The summed E-state index contributed by atoms with van der Waals surface area (Å²) >= 11 is 0. The van der Waals surface area contributed by atoms with Gasteiger partial charge in [-0.25, -0.2) is 0 Å². The van der Waals surface area contributed by atoms with E-state index in [4.69, 9.17) is 5.73 Å². The van der Waals surface area contributed by atoms with Crippen LogP contribution in [0.3, 0.4) is 0 Å². The van der Waals surface area contributed by atoms with Crippen molar-refractivity contribution in [2.24, 2.45) is 17.1 Å². The predicted octanol–water partition coefficient (Wildman–Crippen LogP) is 2.62. The summed E-state index contributed by atoms with van der Waals surface area (Å²) in [5, 5.41) is 0. The molecule has 0 radical (unpaired) electrons. The maximum absolute atomic E-state index is 6.32. The summed E-state index contributed by atoms with van der Waals surface area (Å²) in [6, 6.07) is 1.08. The zero-order valence-corrected chi connectivity index (χ0v) is 11.2. The zero-order valence-electron chi connectivity index (χ0n) is 11.2. The fourth-order valence-electron chi connectivity index (χ4n) is 3.55. The summed E-state index contributed by atoms with van der Waals surface area (Å²) in [6.45, 7) is 9.70. The van der Waals surface area contributed by atoms with Gasteiger partial charge in [0.15, 0.2) is 0 Å². The third-order valence-corrected chi connectivity index (χ3v) is 4.53. The maximum atomic E-state index is 6.32. The van der Waals surface area contributed by atoms with E-state index in [2.05, 4.69) is 25.7 Å². The van der Waals surface area contributed by atoms with Crippen molar-refractivity contribution in [1.29, 1.82) is 0 Å². The van der Waals surface area contributed by atoms with Crippen LogP contribution in [0.5, 0.6) is 0 Å². The first-order chi connectivity index (χ1) is 7.48. The molecule has 2 aliphatic rings. The lowest BCUT2D eigenvalue weighted by Gasteiger charge is -2.46. The van der Waals surface area contributed by atoms with E-state index in [0.29, 0.717) is 17.5 Å². The highest BCUT2D eigenvalue weighted by molar-refractivity contribution is 4.92. The van der Waals surface area contributed by atoms with E-state index in [9.17, 15) is 0 Å². The Hall–Kier alpha value is -0.0800. The van der Waals surface area contributed by atoms with Crippen molar-refractivity contribution in [1.82, 2.24) is 4.90 Å². The quantitative estimate of drug-likeness (QED) is 0.742. The molecule has 0 bridgehead atoms. The average molecular weight is 224 g/mol. The molecule has 0 aromatic rings. The van der Waals surface area contributed by atoms with Crippen LogP contribution in [-0.4, -0.2) is 30.1 Å². The minimum atomic E-state index is 0.421. The van der Waals surface area contributed by atoms with E-state index in [0.717, 1.165) is 5.92 Å². The highest BCUT2D eigenvalue weighted by Gasteiger charge is 2.35. The molecule has 1 heterocycles. The fourth-order valence-corrected chi connectivity index (χ4v) is 3.55. The Morgan fingerprint density at radius 1 is 1.25 bits per heavy atom. The van der Waals surface area contributed by atoms with Crippen LogP contribution in [0.1, 0.15) is 52.9 Å². The molecule has 2 heteroatoms. The smallest absolute Gasteiger partial charge is 0.0249 e. The van der Waals surface area contributed by atoms with Gasteiger partial charge in [0, 0.05) is 18.6 Å². The summed E-state index contributed by atoms with van der Waals surface area (Å²) in [7, 11) is 0. The lowest BCUT2D eigenvalue weighted by Crippen LogP contribution is -2.55. The second-order valence-corrected chi connectivity index (χ2v) is 6.89.